The van der Waals surface area contributed by atoms with E-state index in [0.717, 1.165) is 0 Å². The number of carbonyl (C=O) groups is 1. The molecular formula is C10H7BrFNO. The maximum Gasteiger partial charge on any atom is 0.173 e. The second-order valence-corrected chi connectivity index (χ2v) is 4.07. The van der Waals surface area contributed by atoms with Crippen LogP contribution in [0, 0.1) is 11.7 Å². The molecule has 1 heterocycles. The van der Waals surface area contributed by atoms with Crippen molar-refractivity contribution in [2.75, 3.05) is 0 Å². The van der Waals surface area contributed by atoms with Gasteiger partial charge in [0.1, 0.15) is 5.82 Å². The number of Topliss-reactive ketones (excluding diaryl/α,β-unsaturated/α-hetero) is 1. The van der Waals surface area contributed by atoms with Gasteiger partial charge in [-0.15, -0.1) is 0 Å². The number of hydrogen-bond acceptors (Lipinski definition) is 2. The molecule has 1 atom stereocenters. The van der Waals surface area contributed by atoms with Crippen LogP contribution in [0.25, 0.3) is 0 Å². The van der Waals surface area contributed by atoms with E-state index in [1.54, 1.807) is 13.1 Å². The molecule has 0 saturated heterocycles. The third-order valence-electron chi connectivity index (χ3n) is 2.15. The van der Waals surface area contributed by atoms with Gasteiger partial charge in [0, 0.05) is 11.8 Å². The smallest absolute Gasteiger partial charge is 0.173 e. The Morgan fingerprint density at radius 3 is 2.93 bits per heavy atom. The molecule has 2 rings (SSSR count). The highest BCUT2D eigenvalue weighted by molar-refractivity contribution is 9.10. The Labute approximate surface area is 89.0 Å². The van der Waals surface area contributed by atoms with Crippen molar-refractivity contribution >= 4 is 33.6 Å². The number of carbonyl (C=O) groups excluding carboxylic acids is 1. The average molecular weight is 256 g/mol. The first-order chi connectivity index (χ1) is 6.59. The van der Waals surface area contributed by atoms with Crippen molar-refractivity contribution < 1.29 is 9.18 Å². The number of ketones is 1. The molecule has 4 heteroatoms. The molecule has 0 bridgehead atoms. The van der Waals surface area contributed by atoms with Gasteiger partial charge < -0.3 is 0 Å². The summed E-state index contributed by atoms with van der Waals surface area (Å²) in [6.07, 6.45) is 1.58. The number of rotatable bonds is 0. The summed E-state index contributed by atoms with van der Waals surface area (Å²) in [4.78, 5) is 15.7. The lowest BCUT2D eigenvalue weighted by atomic mass is 9.96. The Morgan fingerprint density at radius 2 is 2.21 bits per heavy atom. The highest BCUT2D eigenvalue weighted by atomic mass is 79.9. The van der Waals surface area contributed by atoms with Crippen LogP contribution in [0.15, 0.2) is 21.6 Å². The molecule has 1 aliphatic heterocycles. The molecule has 1 aromatic carbocycles. The van der Waals surface area contributed by atoms with Gasteiger partial charge >= 0.3 is 0 Å². The van der Waals surface area contributed by atoms with Crippen molar-refractivity contribution in [1.29, 1.82) is 0 Å². The first kappa shape index (κ1) is 9.52. The molecule has 2 nitrogen and oxygen atoms in total. The van der Waals surface area contributed by atoms with Crippen molar-refractivity contribution in [2.24, 2.45) is 10.9 Å². The molecule has 1 unspecified atom stereocenters. The van der Waals surface area contributed by atoms with E-state index in [4.69, 9.17) is 0 Å². The molecule has 0 aromatic heterocycles. The lowest BCUT2D eigenvalue weighted by molar-refractivity contribution is 0.0962. The van der Waals surface area contributed by atoms with E-state index < -0.39 is 5.82 Å². The summed E-state index contributed by atoms with van der Waals surface area (Å²) in [6, 6.07) is 2.75. The van der Waals surface area contributed by atoms with E-state index in [1.165, 1.54) is 12.1 Å². The standard InChI is InChI=1S/C10H7BrFNO/c1-5-4-13-9-3-7(11)8(12)2-6(9)10(5)14/h2-5H,1H3. The fourth-order valence-electron chi connectivity index (χ4n) is 1.35. The summed E-state index contributed by atoms with van der Waals surface area (Å²) in [5.41, 5.74) is 0.891. The fraction of sp³-hybridized carbons (Fsp3) is 0.200. The van der Waals surface area contributed by atoms with E-state index in [0.29, 0.717) is 15.7 Å². The van der Waals surface area contributed by atoms with Crippen molar-refractivity contribution in [3.05, 3.63) is 28.0 Å². The molecule has 1 aromatic rings. The van der Waals surface area contributed by atoms with Crippen molar-refractivity contribution in [2.45, 2.75) is 6.92 Å². The molecule has 0 amide bonds. The van der Waals surface area contributed by atoms with E-state index in [2.05, 4.69) is 20.9 Å². The van der Waals surface area contributed by atoms with E-state index >= 15 is 0 Å². The van der Waals surface area contributed by atoms with E-state index in [-0.39, 0.29) is 11.7 Å². The number of benzene rings is 1. The number of aliphatic imine (C=N–C) groups is 1. The summed E-state index contributed by atoms with van der Waals surface area (Å²) < 4.78 is 13.5. The Kier molecular flexibility index (Phi) is 2.23. The number of nitrogens with zero attached hydrogens (tertiary/aromatic N) is 1. The Hall–Kier alpha value is -1.03. The largest absolute Gasteiger partial charge is 0.293 e. The first-order valence-corrected chi connectivity index (χ1v) is 4.96. The maximum atomic E-state index is 13.2. The van der Waals surface area contributed by atoms with Crippen LogP contribution in [-0.2, 0) is 0 Å². The normalized spacial score (nSPS) is 19.6. The van der Waals surface area contributed by atoms with E-state index in [9.17, 15) is 9.18 Å². The predicted octanol–water partition coefficient (Wildman–Crippen LogP) is 3.12. The predicted molar refractivity (Wildman–Crippen MR) is 55.7 cm³/mol. The van der Waals surface area contributed by atoms with Crippen LogP contribution in [0.2, 0.25) is 0 Å². The fourth-order valence-corrected chi connectivity index (χ4v) is 1.68. The Bertz CT molecular complexity index is 442. The van der Waals surface area contributed by atoms with Gasteiger partial charge in [0.2, 0.25) is 0 Å². The minimum atomic E-state index is -0.429. The number of hydrogen-bond donors (Lipinski definition) is 0. The third kappa shape index (κ3) is 1.39. The summed E-state index contributed by atoms with van der Waals surface area (Å²) in [7, 11) is 0. The molecule has 0 aliphatic carbocycles. The molecular weight excluding hydrogens is 249 g/mol. The highest BCUT2D eigenvalue weighted by Gasteiger charge is 2.22. The molecule has 72 valence electrons. The minimum absolute atomic E-state index is 0.0820. The zero-order valence-electron chi connectivity index (χ0n) is 7.42. The van der Waals surface area contributed by atoms with Gasteiger partial charge in [-0.1, -0.05) is 6.92 Å². The molecule has 1 aliphatic rings. The number of fused-ring (bicyclic) bond motifs is 1. The van der Waals surface area contributed by atoms with Gasteiger partial charge in [-0.05, 0) is 28.1 Å². The maximum absolute atomic E-state index is 13.2. The topological polar surface area (TPSA) is 29.4 Å². The van der Waals surface area contributed by atoms with Crippen LogP contribution in [-0.4, -0.2) is 12.0 Å². The zero-order chi connectivity index (χ0) is 10.3. The quantitative estimate of drug-likeness (QED) is 0.701. The van der Waals surface area contributed by atoms with Crippen molar-refractivity contribution in [3.63, 3.8) is 0 Å². The van der Waals surface area contributed by atoms with Gasteiger partial charge in [0.15, 0.2) is 5.78 Å². The monoisotopic (exact) mass is 255 g/mol. The molecule has 0 fully saturated rings. The van der Waals surface area contributed by atoms with Crippen LogP contribution in [0.5, 0.6) is 0 Å². The first-order valence-electron chi connectivity index (χ1n) is 4.17. The minimum Gasteiger partial charge on any atom is -0.293 e. The zero-order valence-corrected chi connectivity index (χ0v) is 9.01. The van der Waals surface area contributed by atoms with Crippen molar-refractivity contribution in [1.82, 2.24) is 0 Å². The summed E-state index contributed by atoms with van der Waals surface area (Å²) in [6.45, 7) is 1.74. The molecule has 14 heavy (non-hydrogen) atoms. The molecule has 0 spiro atoms. The second-order valence-electron chi connectivity index (χ2n) is 3.21. The van der Waals surface area contributed by atoms with Crippen LogP contribution in [0.3, 0.4) is 0 Å². The van der Waals surface area contributed by atoms with Gasteiger partial charge in [-0.2, -0.15) is 0 Å². The van der Waals surface area contributed by atoms with Crippen molar-refractivity contribution in [3.8, 4) is 0 Å². The summed E-state index contributed by atoms with van der Waals surface area (Å²) in [5.74, 6) is -0.772. The van der Waals surface area contributed by atoms with Gasteiger partial charge in [-0.3, -0.25) is 9.79 Å². The van der Waals surface area contributed by atoms with Gasteiger partial charge in [-0.25, -0.2) is 4.39 Å². The highest BCUT2D eigenvalue weighted by Crippen LogP contribution is 2.31. The van der Waals surface area contributed by atoms with Gasteiger partial charge in [0.25, 0.3) is 0 Å². The Balaban J connectivity index is 2.64. The lowest BCUT2D eigenvalue weighted by Gasteiger charge is -2.13. The second kappa shape index (κ2) is 3.28. The number of halogens is 2. The average Bonchev–Trinajstić information content (AvgIpc) is 2.15. The van der Waals surface area contributed by atoms with E-state index in [1.807, 2.05) is 0 Å². The van der Waals surface area contributed by atoms with Crippen LogP contribution in [0.4, 0.5) is 10.1 Å². The molecule has 0 N–H and O–H groups in total. The third-order valence-corrected chi connectivity index (χ3v) is 2.76. The SMILES string of the molecule is CC1C=Nc2cc(Br)c(F)cc2C1=O. The molecule has 0 saturated carbocycles. The van der Waals surface area contributed by atoms with Crippen LogP contribution >= 0.6 is 15.9 Å². The summed E-state index contributed by atoms with van der Waals surface area (Å²) >= 11 is 3.05. The lowest BCUT2D eigenvalue weighted by Crippen LogP contribution is -2.16. The Morgan fingerprint density at radius 1 is 1.50 bits per heavy atom. The van der Waals surface area contributed by atoms with Crippen LogP contribution in [0.1, 0.15) is 17.3 Å². The van der Waals surface area contributed by atoms with Gasteiger partial charge in [0.05, 0.1) is 16.1 Å². The summed E-state index contributed by atoms with van der Waals surface area (Å²) in [5, 5.41) is 0. The van der Waals surface area contributed by atoms with Crippen LogP contribution < -0.4 is 0 Å². The molecule has 0 radical (unpaired) electrons.